The molecule has 4 nitrogen and oxygen atoms in total. The monoisotopic (exact) mass is 409 g/mol. The number of nitriles is 1. The first-order valence-electron chi connectivity index (χ1n) is 8.85. The van der Waals surface area contributed by atoms with Gasteiger partial charge in [-0.25, -0.2) is 0 Å². The van der Waals surface area contributed by atoms with Gasteiger partial charge in [-0.1, -0.05) is 44.2 Å². The summed E-state index contributed by atoms with van der Waals surface area (Å²) in [6, 6.07) is 11.0. The van der Waals surface area contributed by atoms with Crippen molar-refractivity contribution in [3.63, 3.8) is 0 Å². The molecular formula is C20H22F3N3OS. The lowest BCUT2D eigenvalue weighted by atomic mass is 10.0. The predicted molar refractivity (Wildman–Crippen MR) is 104 cm³/mol. The zero-order valence-electron chi connectivity index (χ0n) is 15.6. The normalized spacial score (nSPS) is 13.8. The quantitative estimate of drug-likeness (QED) is 0.623. The molecule has 0 spiro atoms. The number of alkyl halides is 3. The number of hydrogen-bond acceptors (Lipinski definition) is 4. The highest BCUT2D eigenvalue weighted by Gasteiger charge is 2.43. The molecule has 0 aliphatic rings. The highest BCUT2D eigenvalue weighted by atomic mass is 32.1. The van der Waals surface area contributed by atoms with E-state index < -0.39 is 24.2 Å². The second-order valence-electron chi connectivity index (χ2n) is 6.77. The molecule has 0 saturated carbocycles. The van der Waals surface area contributed by atoms with Gasteiger partial charge in [-0.05, 0) is 30.0 Å². The van der Waals surface area contributed by atoms with Crippen LogP contribution in [0.5, 0.6) is 0 Å². The maximum Gasteiger partial charge on any atom is 0.408 e. The largest absolute Gasteiger partial charge is 0.408 e. The molecule has 1 aromatic heterocycles. The molecule has 1 unspecified atom stereocenters. The molecule has 8 heteroatoms. The summed E-state index contributed by atoms with van der Waals surface area (Å²) in [5, 5.41) is 13.4. The molecule has 150 valence electrons. The van der Waals surface area contributed by atoms with Crippen molar-refractivity contribution in [2.45, 2.75) is 38.5 Å². The topological polar surface area (TPSA) is 64.9 Å². The Bertz CT molecular complexity index is 812. The minimum absolute atomic E-state index is 0.00225. The number of thiophene rings is 1. The van der Waals surface area contributed by atoms with Crippen LogP contribution in [0.2, 0.25) is 0 Å². The summed E-state index contributed by atoms with van der Waals surface area (Å²) in [6.45, 7) is 3.41. The van der Waals surface area contributed by atoms with E-state index in [9.17, 15) is 18.0 Å². The SMILES string of the molecule is CC(C)C[C@H](NC(c1ccc(-c2ccccc2)s1)C(F)(F)F)C(=O)NCC#N. The molecule has 2 rings (SSSR count). The number of carbonyl (C=O) groups is 1. The van der Waals surface area contributed by atoms with E-state index in [1.54, 1.807) is 12.1 Å². The van der Waals surface area contributed by atoms with Crippen molar-refractivity contribution in [2.75, 3.05) is 6.54 Å². The molecule has 1 heterocycles. The van der Waals surface area contributed by atoms with Crippen molar-refractivity contribution in [3.8, 4) is 16.5 Å². The Morgan fingerprint density at radius 3 is 2.43 bits per heavy atom. The van der Waals surface area contributed by atoms with Gasteiger partial charge in [-0.2, -0.15) is 18.4 Å². The lowest BCUT2D eigenvalue weighted by Crippen LogP contribution is -2.49. The molecule has 2 atom stereocenters. The number of nitrogens with zero attached hydrogens (tertiary/aromatic N) is 1. The summed E-state index contributed by atoms with van der Waals surface area (Å²) in [5.74, 6) is -0.605. The van der Waals surface area contributed by atoms with Gasteiger partial charge in [-0.15, -0.1) is 11.3 Å². The summed E-state index contributed by atoms with van der Waals surface area (Å²) >= 11 is 1.04. The lowest BCUT2D eigenvalue weighted by Gasteiger charge is -2.27. The third-order valence-corrected chi connectivity index (χ3v) is 5.23. The fourth-order valence-corrected chi connectivity index (χ4v) is 3.88. The van der Waals surface area contributed by atoms with Gasteiger partial charge in [-0.3, -0.25) is 10.1 Å². The number of nitrogens with one attached hydrogen (secondary N) is 2. The molecule has 0 aliphatic carbocycles. The molecule has 2 N–H and O–H groups in total. The second kappa shape index (κ2) is 9.71. The van der Waals surface area contributed by atoms with Crippen molar-refractivity contribution >= 4 is 17.2 Å². The molecular weight excluding hydrogens is 387 g/mol. The van der Waals surface area contributed by atoms with Crippen LogP contribution in [0.4, 0.5) is 13.2 Å². The summed E-state index contributed by atoms with van der Waals surface area (Å²) in [4.78, 5) is 13.1. The standard InChI is InChI=1S/C20H22F3N3OS/c1-13(2)12-15(19(27)25-11-10-24)26-18(20(21,22)23)17-9-8-16(28-17)14-6-4-3-5-7-14/h3-9,13,15,18,26H,11-12H2,1-2H3,(H,25,27)/t15-,18?/m0/s1. The summed E-state index contributed by atoms with van der Waals surface area (Å²) in [5.41, 5.74) is 0.838. The number of carbonyl (C=O) groups excluding carboxylic acids is 1. The maximum absolute atomic E-state index is 13.8. The average Bonchev–Trinajstić information content (AvgIpc) is 3.12. The number of rotatable bonds is 8. The molecule has 28 heavy (non-hydrogen) atoms. The van der Waals surface area contributed by atoms with E-state index in [0.717, 1.165) is 21.8 Å². The van der Waals surface area contributed by atoms with Crippen molar-refractivity contribution in [2.24, 2.45) is 5.92 Å². The minimum Gasteiger partial charge on any atom is -0.342 e. The Labute approximate surface area is 166 Å². The minimum atomic E-state index is -4.57. The third kappa shape index (κ3) is 6.08. The van der Waals surface area contributed by atoms with Gasteiger partial charge >= 0.3 is 6.18 Å². The zero-order chi connectivity index (χ0) is 20.7. The Kier molecular flexibility index (Phi) is 7.61. The average molecular weight is 409 g/mol. The second-order valence-corrected chi connectivity index (χ2v) is 7.88. The van der Waals surface area contributed by atoms with E-state index >= 15 is 0 Å². The number of amides is 1. The Hall–Kier alpha value is -2.37. The van der Waals surface area contributed by atoms with Crippen molar-refractivity contribution in [1.82, 2.24) is 10.6 Å². The van der Waals surface area contributed by atoms with Crippen LogP contribution >= 0.6 is 11.3 Å². The van der Waals surface area contributed by atoms with E-state index in [1.807, 2.05) is 44.2 Å². The summed E-state index contributed by atoms with van der Waals surface area (Å²) in [6.07, 6.45) is -4.34. The predicted octanol–water partition coefficient (Wildman–Crippen LogP) is 4.66. The van der Waals surface area contributed by atoms with Crippen LogP contribution in [0.3, 0.4) is 0 Å². The molecule has 0 aliphatic heterocycles. The van der Waals surface area contributed by atoms with Gasteiger partial charge in [0, 0.05) is 9.75 Å². The van der Waals surface area contributed by atoms with Crippen molar-refractivity contribution < 1.29 is 18.0 Å². The molecule has 0 saturated heterocycles. The first kappa shape index (κ1) is 21.9. The van der Waals surface area contributed by atoms with Crippen LogP contribution in [0.25, 0.3) is 10.4 Å². The molecule has 0 radical (unpaired) electrons. The van der Waals surface area contributed by atoms with E-state index in [1.165, 1.54) is 6.07 Å². The fourth-order valence-electron chi connectivity index (χ4n) is 2.78. The van der Waals surface area contributed by atoms with Crippen LogP contribution < -0.4 is 10.6 Å². The first-order valence-corrected chi connectivity index (χ1v) is 9.66. The van der Waals surface area contributed by atoms with Crippen LogP contribution in [0.1, 0.15) is 31.2 Å². The smallest absolute Gasteiger partial charge is 0.342 e. The third-order valence-electron chi connectivity index (χ3n) is 4.03. The Balaban J connectivity index is 2.28. The van der Waals surface area contributed by atoms with Gasteiger partial charge in [0.1, 0.15) is 12.6 Å². The Morgan fingerprint density at radius 1 is 1.18 bits per heavy atom. The van der Waals surface area contributed by atoms with Crippen molar-refractivity contribution in [3.05, 3.63) is 47.3 Å². The van der Waals surface area contributed by atoms with Gasteiger partial charge in [0.05, 0.1) is 12.1 Å². The highest BCUT2D eigenvalue weighted by molar-refractivity contribution is 7.15. The van der Waals surface area contributed by atoms with Crippen LogP contribution in [0, 0.1) is 17.2 Å². The van der Waals surface area contributed by atoms with Crippen LogP contribution in [0.15, 0.2) is 42.5 Å². The summed E-state index contributed by atoms with van der Waals surface area (Å²) < 4.78 is 41.4. The van der Waals surface area contributed by atoms with E-state index in [4.69, 9.17) is 5.26 Å². The molecule has 0 bridgehead atoms. The lowest BCUT2D eigenvalue weighted by molar-refractivity contribution is -0.160. The molecule has 0 fully saturated rings. The molecule has 2 aromatic rings. The zero-order valence-corrected chi connectivity index (χ0v) is 16.4. The number of hydrogen-bond donors (Lipinski definition) is 2. The van der Waals surface area contributed by atoms with Gasteiger partial charge in [0.25, 0.3) is 0 Å². The van der Waals surface area contributed by atoms with Crippen molar-refractivity contribution in [1.29, 1.82) is 5.26 Å². The van der Waals surface area contributed by atoms with Gasteiger partial charge < -0.3 is 5.32 Å². The van der Waals surface area contributed by atoms with Gasteiger partial charge in [0.2, 0.25) is 5.91 Å². The van der Waals surface area contributed by atoms with Crippen LogP contribution in [-0.4, -0.2) is 24.7 Å². The fraction of sp³-hybridized carbons (Fsp3) is 0.400. The first-order chi connectivity index (χ1) is 13.2. The Morgan fingerprint density at radius 2 is 1.86 bits per heavy atom. The van der Waals surface area contributed by atoms with E-state index in [0.29, 0.717) is 0 Å². The van der Waals surface area contributed by atoms with E-state index in [2.05, 4.69) is 10.6 Å². The molecule has 1 amide bonds. The number of benzene rings is 1. The highest BCUT2D eigenvalue weighted by Crippen LogP contribution is 2.39. The van der Waals surface area contributed by atoms with Gasteiger partial charge in [0.15, 0.2) is 0 Å². The molecule has 1 aromatic carbocycles. The maximum atomic E-state index is 13.8. The van der Waals surface area contributed by atoms with E-state index in [-0.39, 0.29) is 23.8 Å². The summed E-state index contributed by atoms with van der Waals surface area (Å²) in [7, 11) is 0. The number of halogens is 3. The van der Waals surface area contributed by atoms with Crippen LogP contribution in [-0.2, 0) is 4.79 Å².